The van der Waals surface area contributed by atoms with Gasteiger partial charge >= 0.3 is 0 Å². The molecule has 0 amide bonds. The topological polar surface area (TPSA) is 91.3 Å². The highest BCUT2D eigenvalue weighted by atomic mass is 35.5. The summed E-state index contributed by atoms with van der Waals surface area (Å²) in [5, 5.41) is 14.2. The molecule has 0 N–H and O–H groups in total. The third-order valence-electron chi connectivity index (χ3n) is 2.71. The van der Waals surface area contributed by atoms with Gasteiger partial charge < -0.3 is 9.26 Å². The fraction of sp³-hybridized carbons (Fsp3) is 0.333. The number of nitro groups is 1. The SMILES string of the molecule is CCC(Cl)c1noc(-c2ccc([N+](=O)[O-])cc2OC)n1. The molecule has 106 valence electrons. The van der Waals surface area contributed by atoms with E-state index in [9.17, 15) is 10.1 Å². The van der Waals surface area contributed by atoms with Crippen LogP contribution < -0.4 is 4.74 Å². The summed E-state index contributed by atoms with van der Waals surface area (Å²) in [6.07, 6.45) is 0.665. The van der Waals surface area contributed by atoms with E-state index in [4.69, 9.17) is 20.9 Å². The summed E-state index contributed by atoms with van der Waals surface area (Å²) in [6.45, 7) is 1.90. The number of alkyl halides is 1. The molecule has 1 aromatic heterocycles. The molecule has 0 saturated heterocycles. The van der Waals surface area contributed by atoms with Crippen molar-refractivity contribution in [1.29, 1.82) is 0 Å². The molecule has 1 heterocycles. The summed E-state index contributed by atoms with van der Waals surface area (Å²) < 4.78 is 10.2. The first-order chi connectivity index (χ1) is 9.56. The van der Waals surface area contributed by atoms with Gasteiger partial charge in [0, 0.05) is 6.07 Å². The highest BCUT2D eigenvalue weighted by molar-refractivity contribution is 6.20. The highest BCUT2D eigenvalue weighted by Gasteiger charge is 2.19. The Morgan fingerprint density at radius 3 is 2.90 bits per heavy atom. The average Bonchev–Trinajstić information content (AvgIpc) is 2.95. The Kier molecular flexibility index (Phi) is 4.19. The van der Waals surface area contributed by atoms with Gasteiger partial charge in [-0.1, -0.05) is 12.1 Å². The van der Waals surface area contributed by atoms with Crippen molar-refractivity contribution < 1.29 is 14.2 Å². The summed E-state index contributed by atoms with van der Waals surface area (Å²) in [7, 11) is 1.41. The molecule has 1 aromatic carbocycles. The molecule has 2 rings (SSSR count). The molecule has 0 bridgehead atoms. The fourth-order valence-electron chi connectivity index (χ4n) is 1.62. The molecule has 0 fully saturated rings. The van der Waals surface area contributed by atoms with Crippen LogP contribution in [0, 0.1) is 10.1 Å². The van der Waals surface area contributed by atoms with E-state index in [0.29, 0.717) is 17.8 Å². The molecule has 0 aliphatic rings. The Balaban J connectivity index is 2.41. The van der Waals surface area contributed by atoms with E-state index in [-0.39, 0.29) is 22.7 Å². The minimum atomic E-state index is -0.503. The summed E-state index contributed by atoms with van der Waals surface area (Å²) in [5.41, 5.74) is 0.408. The van der Waals surface area contributed by atoms with E-state index in [2.05, 4.69) is 10.1 Å². The maximum Gasteiger partial charge on any atom is 0.273 e. The number of aromatic nitrogens is 2. The van der Waals surface area contributed by atoms with Crippen LogP contribution in [0.25, 0.3) is 11.5 Å². The molecule has 2 aromatic rings. The zero-order chi connectivity index (χ0) is 14.7. The lowest BCUT2D eigenvalue weighted by molar-refractivity contribution is -0.384. The second-order valence-corrected chi connectivity index (χ2v) is 4.50. The van der Waals surface area contributed by atoms with Gasteiger partial charge in [-0.3, -0.25) is 10.1 Å². The van der Waals surface area contributed by atoms with Gasteiger partial charge in [0.15, 0.2) is 5.82 Å². The molecule has 0 aliphatic carbocycles. The third-order valence-corrected chi connectivity index (χ3v) is 3.21. The summed E-state index contributed by atoms with van der Waals surface area (Å²) in [4.78, 5) is 14.4. The number of non-ortho nitro benzene ring substituents is 1. The van der Waals surface area contributed by atoms with Crippen molar-refractivity contribution in [2.45, 2.75) is 18.7 Å². The zero-order valence-corrected chi connectivity index (χ0v) is 11.6. The lowest BCUT2D eigenvalue weighted by atomic mass is 10.2. The summed E-state index contributed by atoms with van der Waals surface area (Å²) >= 11 is 6.03. The number of benzene rings is 1. The predicted molar refractivity (Wildman–Crippen MR) is 71.8 cm³/mol. The van der Waals surface area contributed by atoms with Crippen LogP contribution in [0.15, 0.2) is 22.7 Å². The van der Waals surface area contributed by atoms with Crippen LogP contribution in [0.3, 0.4) is 0 Å². The first-order valence-corrected chi connectivity index (χ1v) is 6.31. The Bertz CT molecular complexity index is 629. The number of nitrogens with zero attached hydrogens (tertiary/aromatic N) is 3. The number of halogens is 1. The number of nitro benzene ring substituents is 1. The molecule has 8 heteroatoms. The fourth-order valence-corrected chi connectivity index (χ4v) is 1.71. The van der Waals surface area contributed by atoms with Gasteiger partial charge in [0.2, 0.25) is 0 Å². The summed E-state index contributed by atoms with van der Waals surface area (Å²) in [5.74, 6) is 0.882. The Morgan fingerprint density at radius 1 is 1.55 bits per heavy atom. The third kappa shape index (κ3) is 2.72. The van der Waals surface area contributed by atoms with Crippen molar-refractivity contribution in [2.75, 3.05) is 7.11 Å². The number of hydrogen-bond acceptors (Lipinski definition) is 6. The van der Waals surface area contributed by atoms with Crippen LogP contribution in [-0.4, -0.2) is 22.2 Å². The van der Waals surface area contributed by atoms with Gasteiger partial charge in [0.1, 0.15) is 5.75 Å². The Hall–Kier alpha value is -2.15. The van der Waals surface area contributed by atoms with E-state index >= 15 is 0 Å². The number of methoxy groups -OCH3 is 1. The van der Waals surface area contributed by atoms with Crippen LogP contribution in [-0.2, 0) is 0 Å². The van der Waals surface area contributed by atoms with Crippen molar-refractivity contribution in [3.05, 3.63) is 34.1 Å². The van der Waals surface area contributed by atoms with Crippen molar-refractivity contribution in [2.24, 2.45) is 0 Å². The number of ether oxygens (including phenoxy) is 1. The largest absolute Gasteiger partial charge is 0.496 e. The van der Waals surface area contributed by atoms with Gasteiger partial charge in [0.25, 0.3) is 11.6 Å². The average molecular weight is 298 g/mol. The van der Waals surface area contributed by atoms with Gasteiger partial charge in [-0.2, -0.15) is 4.98 Å². The lowest BCUT2D eigenvalue weighted by Crippen LogP contribution is -1.93. The number of hydrogen-bond donors (Lipinski definition) is 0. The molecule has 0 radical (unpaired) electrons. The van der Waals surface area contributed by atoms with E-state index in [1.165, 1.54) is 25.3 Å². The van der Waals surface area contributed by atoms with E-state index in [1.807, 2.05) is 6.92 Å². The standard InChI is InChI=1S/C12H12ClN3O4/c1-3-9(13)11-14-12(20-15-11)8-5-4-7(16(17)18)6-10(8)19-2/h4-6,9H,3H2,1-2H3. The van der Waals surface area contributed by atoms with Crippen LogP contribution in [0.2, 0.25) is 0 Å². The lowest BCUT2D eigenvalue weighted by Gasteiger charge is -2.04. The van der Waals surface area contributed by atoms with Crippen LogP contribution in [0.4, 0.5) is 5.69 Å². The van der Waals surface area contributed by atoms with E-state index < -0.39 is 4.92 Å². The first-order valence-electron chi connectivity index (χ1n) is 5.87. The zero-order valence-electron chi connectivity index (χ0n) is 10.9. The molecular weight excluding hydrogens is 286 g/mol. The van der Waals surface area contributed by atoms with Gasteiger partial charge in [-0.05, 0) is 12.5 Å². The molecule has 1 unspecified atom stereocenters. The quantitative estimate of drug-likeness (QED) is 0.477. The van der Waals surface area contributed by atoms with Crippen molar-refractivity contribution in [1.82, 2.24) is 10.1 Å². The molecule has 0 aliphatic heterocycles. The molecule has 7 nitrogen and oxygen atoms in total. The molecule has 0 spiro atoms. The second kappa shape index (κ2) is 5.87. The van der Waals surface area contributed by atoms with Gasteiger partial charge in [-0.25, -0.2) is 0 Å². The number of rotatable bonds is 5. The van der Waals surface area contributed by atoms with Crippen LogP contribution >= 0.6 is 11.6 Å². The molecule has 20 heavy (non-hydrogen) atoms. The first kappa shape index (κ1) is 14.3. The highest BCUT2D eigenvalue weighted by Crippen LogP contribution is 2.33. The minimum absolute atomic E-state index is 0.0749. The van der Waals surface area contributed by atoms with Gasteiger partial charge in [-0.15, -0.1) is 11.6 Å². The molecule has 1 atom stereocenters. The summed E-state index contributed by atoms with van der Waals surface area (Å²) in [6, 6.07) is 4.15. The monoisotopic (exact) mass is 297 g/mol. The van der Waals surface area contributed by atoms with Crippen molar-refractivity contribution >= 4 is 17.3 Å². The molecular formula is C12H12ClN3O4. The van der Waals surface area contributed by atoms with Crippen LogP contribution in [0.1, 0.15) is 24.5 Å². The van der Waals surface area contributed by atoms with Crippen LogP contribution in [0.5, 0.6) is 5.75 Å². The normalized spacial score (nSPS) is 12.2. The smallest absolute Gasteiger partial charge is 0.273 e. The molecule has 0 saturated carbocycles. The predicted octanol–water partition coefficient (Wildman–Crippen LogP) is 3.34. The van der Waals surface area contributed by atoms with Crippen molar-refractivity contribution in [3.8, 4) is 17.2 Å². The second-order valence-electron chi connectivity index (χ2n) is 3.98. The Labute approximate surface area is 119 Å². The van der Waals surface area contributed by atoms with E-state index in [0.717, 1.165) is 0 Å². The minimum Gasteiger partial charge on any atom is -0.496 e. The van der Waals surface area contributed by atoms with Crippen molar-refractivity contribution in [3.63, 3.8) is 0 Å². The Morgan fingerprint density at radius 2 is 2.30 bits per heavy atom. The maximum absolute atomic E-state index is 10.7. The van der Waals surface area contributed by atoms with E-state index in [1.54, 1.807) is 0 Å². The maximum atomic E-state index is 10.7. The van der Waals surface area contributed by atoms with Gasteiger partial charge in [0.05, 0.1) is 29.0 Å².